The number of nitrogens with one attached hydrogen (secondary N) is 1. The second-order valence-corrected chi connectivity index (χ2v) is 8.23. The van der Waals surface area contributed by atoms with E-state index in [0.29, 0.717) is 18.2 Å². The molecule has 1 saturated heterocycles. The van der Waals surface area contributed by atoms with Crippen LogP contribution >= 0.6 is 0 Å². The maximum atomic E-state index is 12.3. The zero-order valence-electron chi connectivity index (χ0n) is 18.0. The number of Topliss-reactive ketones (excluding diaryl/α,β-unsaturated/α-hetero) is 1. The van der Waals surface area contributed by atoms with Crippen molar-refractivity contribution in [2.24, 2.45) is 0 Å². The topological polar surface area (TPSA) is 58.6 Å². The molecule has 0 radical (unpaired) electrons. The predicted octanol–water partition coefficient (Wildman–Crippen LogP) is 3.76. The van der Waals surface area contributed by atoms with Gasteiger partial charge in [0, 0.05) is 31.6 Å². The molecule has 30 heavy (non-hydrogen) atoms. The summed E-state index contributed by atoms with van der Waals surface area (Å²) in [6.45, 7) is 5.78. The summed E-state index contributed by atoms with van der Waals surface area (Å²) < 4.78 is 5.63. The molecule has 1 fully saturated rings. The minimum absolute atomic E-state index is 0.0192. The first-order chi connectivity index (χ1) is 14.5. The van der Waals surface area contributed by atoms with Crippen LogP contribution in [0.5, 0.6) is 5.75 Å². The molecule has 0 saturated carbocycles. The summed E-state index contributed by atoms with van der Waals surface area (Å²) in [6.07, 6.45) is 3.18. The highest BCUT2D eigenvalue weighted by Crippen LogP contribution is 2.20. The normalized spacial score (nSPS) is 19.3. The summed E-state index contributed by atoms with van der Waals surface area (Å²) in [5, 5.41) is 3.12. The number of aryl methyl sites for hydroxylation is 1. The Morgan fingerprint density at radius 3 is 2.47 bits per heavy atom. The minimum Gasteiger partial charge on any atom is -0.484 e. The van der Waals surface area contributed by atoms with Gasteiger partial charge < -0.3 is 14.8 Å². The minimum atomic E-state index is -0.0793. The Hall–Kier alpha value is -2.66. The first-order valence-corrected chi connectivity index (χ1v) is 10.8. The molecule has 2 unspecified atom stereocenters. The number of ketones is 1. The van der Waals surface area contributed by atoms with Gasteiger partial charge in [-0.25, -0.2) is 0 Å². The Balaban J connectivity index is 1.38. The number of likely N-dealkylation sites (tertiary alicyclic amines) is 1. The maximum absolute atomic E-state index is 12.3. The third-order valence-electron chi connectivity index (χ3n) is 5.67. The van der Waals surface area contributed by atoms with Gasteiger partial charge in [0.1, 0.15) is 11.5 Å². The summed E-state index contributed by atoms with van der Waals surface area (Å²) >= 11 is 0. The largest absolute Gasteiger partial charge is 0.484 e. The maximum Gasteiger partial charge on any atom is 0.258 e. The first kappa shape index (κ1) is 22.0. The van der Waals surface area contributed by atoms with Gasteiger partial charge in [0.25, 0.3) is 5.91 Å². The Bertz CT molecular complexity index is 820. The van der Waals surface area contributed by atoms with E-state index in [9.17, 15) is 9.59 Å². The number of ether oxygens (including phenoxy) is 1. The number of hydrogen-bond donors (Lipinski definition) is 1. The van der Waals surface area contributed by atoms with Crippen molar-refractivity contribution in [3.8, 4) is 5.75 Å². The zero-order valence-corrected chi connectivity index (χ0v) is 18.0. The van der Waals surface area contributed by atoms with Gasteiger partial charge in [-0.15, -0.1) is 0 Å². The number of nitrogens with zero attached hydrogens (tertiary/aromatic N) is 1. The summed E-state index contributed by atoms with van der Waals surface area (Å²) in [5.74, 6) is 0.777. The van der Waals surface area contributed by atoms with E-state index in [4.69, 9.17) is 4.74 Å². The van der Waals surface area contributed by atoms with Crippen LogP contribution in [0.4, 0.5) is 0 Å². The lowest BCUT2D eigenvalue weighted by Crippen LogP contribution is -2.49. The van der Waals surface area contributed by atoms with E-state index in [2.05, 4.69) is 41.4 Å². The van der Waals surface area contributed by atoms with Gasteiger partial charge in [0.15, 0.2) is 6.61 Å². The lowest BCUT2D eigenvalue weighted by molar-refractivity contribution is -0.124. The molecule has 1 amide bonds. The average Bonchev–Trinajstić information content (AvgIpc) is 2.74. The highest BCUT2D eigenvalue weighted by molar-refractivity contribution is 5.78. The van der Waals surface area contributed by atoms with E-state index in [-0.39, 0.29) is 24.3 Å². The Labute approximate surface area is 179 Å². The molecule has 2 aromatic rings. The number of piperidine rings is 1. The number of rotatable bonds is 9. The van der Waals surface area contributed by atoms with Gasteiger partial charge >= 0.3 is 0 Å². The molecule has 2 aromatic carbocycles. The number of amides is 1. The molecule has 5 nitrogen and oxygen atoms in total. The van der Waals surface area contributed by atoms with Crippen LogP contribution in [0.2, 0.25) is 0 Å². The monoisotopic (exact) mass is 408 g/mol. The van der Waals surface area contributed by atoms with Gasteiger partial charge in [0.2, 0.25) is 0 Å². The quantitative estimate of drug-likeness (QED) is 0.686. The van der Waals surface area contributed by atoms with E-state index in [1.807, 2.05) is 30.3 Å². The second-order valence-electron chi connectivity index (χ2n) is 8.23. The molecule has 1 N–H and O–H groups in total. The summed E-state index contributed by atoms with van der Waals surface area (Å²) in [4.78, 5) is 25.9. The van der Waals surface area contributed by atoms with Crippen LogP contribution in [-0.2, 0) is 22.6 Å². The molecular weight excluding hydrogens is 376 g/mol. The van der Waals surface area contributed by atoms with Gasteiger partial charge in [0.05, 0.1) is 0 Å². The van der Waals surface area contributed by atoms with E-state index in [1.165, 1.54) is 5.56 Å². The molecule has 0 spiro atoms. The number of hydrogen-bond acceptors (Lipinski definition) is 4. The lowest BCUT2D eigenvalue weighted by atomic mass is 9.97. The Morgan fingerprint density at radius 2 is 1.80 bits per heavy atom. The summed E-state index contributed by atoms with van der Waals surface area (Å²) in [6, 6.07) is 18.7. The van der Waals surface area contributed by atoms with E-state index >= 15 is 0 Å². The van der Waals surface area contributed by atoms with Crippen LogP contribution in [0.15, 0.2) is 54.6 Å². The molecule has 0 bridgehead atoms. The first-order valence-electron chi connectivity index (χ1n) is 10.8. The van der Waals surface area contributed by atoms with Crippen molar-refractivity contribution in [2.75, 3.05) is 13.2 Å². The molecule has 160 valence electrons. The van der Waals surface area contributed by atoms with E-state index in [0.717, 1.165) is 37.9 Å². The van der Waals surface area contributed by atoms with Gasteiger partial charge in [-0.3, -0.25) is 9.69 Å². The SMILES string of the molecule is CC(=O)CCc1ccc(OCC(=O)NC2CCN(Cc3ccccc3)C(C)C2)cc1. The number of carbonyl (C=O) groups excluding carboxylic acids is 2. The molecular formula is C25H32N2O3. The molecule has 1 aliphatic rings. The van der Waals surface area contributed by atoms with Crippen LogP contribution in [0, 0.1) is 0 Å². The lowest BCUT2D eigenvalue weighted by Gasteiger charge is -2.38. The summed E-state index contributed by atoms with van der Waals surface area (Å²) in [5.41, 5.74) is 2.42. The number of carbonyl (C=O) groups is 2. The molecule has 3 rings (SSSR count). The molecule has 1 aliphatic heterocycles. The fourth-order valence-corrected chi connectivity index (χ4v) is 3.90. The standard InChI is InChI=1S/C25H32N2O3/c1-19-16-23(14-15-27(19)17-22-6-4-3-5-7-22)26-25(29)18-30-24-12-10-21(11-13-24)9-8-20(2)28/h3-7,10-13,19,23H,8-9,14-18H2,1-2H3,(H,26,29). The third kappa shape index (κ3) is 6.99. The van der Waals surface area contributed by atoms with Gasteiger partial charge in [-0.1, -0.05) is 42.5 Å². The van der Waals surface area contributed by atoms with Gasteiger partial charge in [-0.2, -0.15) is 0 Å². The van der Waals surface area contributed by atoms with Crippen molar-refractivity contribution in [2.45, 2.75) is 58.2 Å². The van der Waals surface area contributed by atoms with E-state index < -0.39 is 0 Å². The van der Waals surface area contributed by atoms with Crippen LogP contribution < -0.4 is 10.1 Å². The molecule has 5 heteroatoms. The smallest absolute Gasteiger partial charge is 0.258 e. The van der Waals surface area contributed by atoms with Crippen LogP contribution in [0.3, 0.4) is 0 Å². The molecule has 2 atom stereocenters. The molecule has 1 heterocycles. The summed E-state index contributed by atoms with van der Waals surface area (Å²) in [7, 11) is 0. The predicted molar refractivity (Wildman–Crippen MR) is 118 cm³/mol. The number of benzene rings is 2. The highest BCUT2D eigenvalue weighted by Gasteiger charge is 2.26. The van der Waals surface area contributed by atoms with Crippen molar-refractivity contribution in [3.05, 3.63) is 65.7 Å². The zero-order chi connectivity index (χ0) is 21.3. The molecule has 0 aliphatic carbocycles. The average molecular weight is 409 g/mol. The fourth-order valence-electron chi connectivity index (χ4n) is 3.90. The van der Waals surface area contributed by atoms with Crippen molar-refractivity contribution in [1.29, 1.82) is 0 Å². The van der Waals surface area contributed by atoms with Crippen LogP contribution in [-0.4, -0.2) is 41.8 Å². The third-order valence-corrected chi connectivity index (χ3v) is 5.67. The second kappa shape index (κ2) is 10.9. The van der Waals surface area contributed by atoms with E-state index in [1.54, 1.807) is 6.92 Å². The van der Waals surface area contributed by atoms with Crippen molar-refractivity contribution < 1.29 is 14.3 Å². The van der Waals surface area contributed by atoms with Crippen LogP contribution in [0.25, 0.3) is 0 Å². The Morgan fingerprint density at radius 1 is 1.07 bits per heavy atom. The van der Waals surface area contributed by atoms with Crippen molar-refractivity contribution in [3.63, 3.8) is 0 Å². The fraction of sp³-hybridized carbons (Fsp3) is 0.440. The Kier molecular flexibility index (Phi) is 8.03. The molecule has 0 aromatic heterocycles. The van der Waals surface area contributed by atoms with Gasteiger partial charge in [-0.05, 0) is 56.4 Å². The highest BCUT2D eigenvalue weighted by atomic mass is 16.5. The van der Waals surface area contributed by atoms with Crippen molar-refractivity contribution >= 4 is 11.7 Å². The van der Waals surface area contributed by atoms with Crippen LogP contribution in [0.1, 0.15) is 44.2 Å². The van der Waals surface area contributed by atoms with Crippen molar-refractivity contribution in [1.82, 2.24) is 10.2 Å².